The number of hydrogen-bond acceptors (Lipinski definition) is 4. The smallest absolute Gasteiger partial charge is 0.241 e. The van der Waals surface area contributed by atoms with Crippen LogP contribution in [0.1, 0.15) is 19.8 Å². The number of sulfonamides is 1. The van der Waals surface area contributed by atoms with Crippen LogP contribution in [0.3, 0.4) is 0 Å². The number of fused-ring (bicyclic) bond motifs is 1. The zero-order chi connectivity index (χ0) is 17.2. The van der Waals surface area contributed by atoms with Crippen molar-refractivity contribution in [1.82, 2.24) is 10.0 Å². The molecule has 3 rings (SSSR count). The Bertz CT molecular complexity index is 859. The topological polar surface area (TPSA) is 87.3 Å². The second-order valence-corrected chi connectivity index (χ2v) is 7.67. The highest BCUT2D eigenvalue weighted by molar-refractivity contribution is 7.89. The summed E-state index contributed by atoms with van der Waals surface area (Å²) in [6.07, 6.45) is 1.56. The van der Waals surface area contributed by atoms with Crippen molar-refractivity contribution in [3.63, 3.8) is 0 Å². The Morgan fingerprint density at radius 2 is 1.75 bits per heavy atom. The van der Waals surface area contributed by atoms with Gasteiger partial charge in [-0.2, -0.15) is 0 Å². The molecule has 2 aromatic rings. The first-order valence-corrected chi connectivity index (χ1v) is 9.48. The van der Waals surface area contributed by atoms with E-state index in [9.17, 15) is 13.2 Å². The van der Waals surface area contributed by atoms with E-state index in [1.807, 2.05) is 12.1 Å². The lowest BCUT2D eigenvalue weighted by atomic mass is 10.1. The Morgan fingerprint density at radius 1 is 1.08 bits per heavy atom. The maximum Gasteiger partial charge on any atom is 0.241 e. The summed E-state index contributed by atoms with van der Waals surface area (Å²) in [7, 11) is -3.62. The molecule has 0 atom stereocenters. The summed E-state index contributed by atoms with van der Waals surface area (Å²) in [4.78, 5) is 11.6. The SMILES string of the molecule is CC(=O)Nc1ccc(S(=O)(=O)NC2CCNCC2)c2ccccc12. The second kappa shape index (κ2) is 6.88. The third-order valence-electron chi connectivity index (χ3n) is 4.15. The standard InChI is InChI=1S/C17H21N3O3S/c1-12(21)19-16-6-7-17(15-5-3-2-4-14(15)16)24(22,23)20-13-8-10-18-11-9-13/h2-7,13,18,20H,8-11H2,1H3,(H,19,21). The molecule has 1 heterocycles. The lowest BCUT2D eigenvalue weighted by Crippen LogP contribution is -2.42. The van der Waals surface area contributed by atoms with Gasteiger partial charge in [0, 0.05) is 29.4 Å². The Labute approximate surface area is 141 Å². The van der Waals surface area contributed by atoms with Crippen LogP contribution in [0, 0.1) is 0 Å². The fourth-order valence-electron chi connectivity index (χ4n) is 3.03. The van der Waals surface area contributed by atoms with Gasteiger partial charge in [0.1, 0.15) is 0 Å². The van der Waals surface area contributed by atoms with E-state index in [2.05, 4.69) is 15.4 Å². The van der Waals surface area contributed by atoms with E-state index in [-0.39, 0.29) is 16.8 Å². The first-order chi connectivity index (χ1) is 11.5. The number of carbonyl (C=O) groups is 1. The third kappa shape index (κ3) is 3.58. The van der Waals surface area contributed by atoms with Gasteiger partial charge in [0.2, 0.25) is 15.9 Å². The highest BCUT2D eigenvalue weighted by Gasteiger charge is 2.24. The molecule has 0 aromatic heterocycles. The molecule has 24 heavy (non-hydrogen) atoms. The van der Waals surface area contributed by atoms with Gasteiger partial charge in [-0.25, -0.2) is 13.1 Å². The minimum atomic E-state index is -3.62. The summed E-state index contributed by atoms with van der Waals surface area (Å²) < 4.78 is 28.5. The van der Waals surface area contributed by atoms with Crippen molar-refractivity contribution in [3.05, 3.63) is 36.4 Å². The number of nitrogens with one attached hydrogen (secondary N) is 3. The molecule has 1 saturated heterocycles. The average Bonchev–Trinajstić information content (AvgIpc) is 2.55. The van der Waals surface area contributed by atoms with Gasteiger partial charge in [0.05, 0.1) is 4.90 Å². The fourth-order valence-corrected chi connectivity index (χ4v) is 4.54. The van der Waals surface area contributed by atoms with Crippen molar-refractivity contribution in [2.75, 3.05) is 18.4 Å². The number of carbonyl (C=O) groups excluding carboxylic acids is 1. The third-order valence-corrected chi connectivity index (χ3v) is 5.72. The molecule has 0 saturated carbocycles. The Hall–Kier alpha value is -1.96. The van der Waals surface area contributed by atoms with Gasteiger partial charge in [0.25, 0.3) is 0 Å². The van der Waals surface area contributed by atoms with Crippen LogP contribution in [0.2, 0.25) is 0 Å². The minimum Gasteiger partial charge on any atom is -0.326 e. The van der Waals surface area contributed by atoms with E-state index in [0.717, 1.165) is 25.9 Å². The molecule has 1 fully saturated rings. The second-order valence-electron chi connectivity index (χ2n) is 5.98. The van der Waals surface area contributed by atoms with E-state index < -0.39 is 10.0 Å². The number of amides is 1. The summed E-state index contributed by atoms with van der Waals surface area (Å²) in [5, 5.41) is 7.28. The summed E-state index contributed by atoms with van der Waals surface area (Å²) in [5.74, 6) is -0.191. The van der Waals surface area contributed by atoms with Gasteiger partial charge in [0.15, 0.2) is 0 Å². The Morgan fingerprint density at radius 3 is 2.42 bits per heavy atom. The maximum atomic E-state index is 12.8. The Balaban J connectivity index is 2.01. The van der Waals surface area contributed by atoms with Crippen molar-refractivity contribution in [3.8, 4) is 0 Å². The van der Waals surface area contributed by atoms with Crippen molar-refractivity contribution in [1.29, 1.82) is 0 Å². The first kappa shape index (κ1) is 16.9. The predicted molar refractivity (Wildman–Crippen MR) is 94.5 cm³/mol. The summed E-state index contributed by atoms with van der Waals surface area (Å²) in [6.45, 7) is 3.06. The molecule has 1 aliphatic heterocycles. The molecule has 7 heteroatoms. The number of piperidine rings is 1. The van der Waals surface area contributed by atoms with Crippen molar-refractivity contribution >= 4 is 32.4 Å². The lowest BCUT2D eigenvalue weighted by molar-refractivity contribution is -0.114. The molecule has 128 valence electrons. The van der Waals surface area contributed by atoms with Crippen LogP contribution < -0.4 is 15.4 Å². The number of hydrogen-bond donors (Lipinski definition) is 3. The van der Waals surface area contributed by atoms with Gasteiger partial charge in [-0.15, -0.1) is 0 Å². The zero-order valence-electron chi connectivity index (χ0n) is 13.5. The summed E-state index contributed by atoms with van der Waals surface area (Å²) >= 11 is 0. The van der Waals surface area contributed by atoms with Crippen molar-refractivity contribution < 1.29 is 13.2 Å². The monoisotopic (exact) mass is 347 g/mol. The molecule has 2 aromatic carbocycles. The largest absolute Gasteiger partial charge is 0.326 e. The van der Waals surface area contributed by atoms with Gasteiger partial charge in [-0.05, 0) is 38.1 Å². The van der Waals surface area contributed by atoms with Crippen molar-refractivity contribution in [2.45, 2.75) is 30.7 Å². The van der Waals surface area contributed by atoms with Crippen LogP contribution in [-0.4, -0.2) is 33.5 Å². The molecule has 0 aliphatic carbocycles. The number of anilines is 1. The highest BCUT2D eigenvalue weighted by Crippen LogP contribution is 2.29. The van der Waals surface area contributed by atoms with E-state index in [4.69, 9.17) is 0 Å². The van der Waals surface area contributed by atoms with Crippen LogP contribution in [0.4, 0.5) is 5.69 Å². The molecule has 0 bridgehead atoms. The van der Waals surface area contributed by atoms with Crippen molar-refractivity contribution in [2.24, 2.45) is 0 Å². The van der Waals surface area contributed by atoms with Crippen LogP contribution in [0.5, 0.6) is 0 Å². The first-order valence-electron chi connectivity index (χ1n) is 8.00. The molecule has 0 spiro atoms. The van der Waals surface area contributed by atoms with Crippen LogP contribution >= 0.6 is 0 Å². The molecular formula is C17H21N3O3S. The van der Waals surface area contributed by atoms with Gasteiger partial charge in [-0.1, -0.05) is 24.3 Å². The molecule has 1 aliphatic rings. The fraction of sp³-hybridized carbons (Fsp3) is 0.353. The number of benzene rings is 2. The average molecular weight is 347 g/mol. The van der Waals surface area contributed by atoms with Gasteiger partial charge in [-0.3, -0.25) is 4.79 Å². The lowest BCUT2D eigenvalue weighted by Gasteiger charge is -2.24. The predicted octanol–water partition coefficient (Wildman–Crippen LogP) is 1.83. The molecule has 0 unspecified atom stereocenters. The highest BCUT2D eigenvalue weighted by atomic mass is 32.2. The Kier molecular flexibility index (Phi) is 4.84. The van der Waals surface area contributed by atoms with Crippen LogP contribution in [0.15, 0.2) is 41.3 Å². The van der Waals surface area contributed by atoms with E-state index >= 15 is 0 Å². The van der Waals surface area contributed by atoms with E-state index in [1.54, 1.807) is 24.3 Å². The zero-order valence-corrected chi connectivity index (χ0v) is 14.3. The maximum absolute atomic E-state index is 12.8. The van der Waals surface area contributed by atoms with E-state index in [0.29, 0.717) is 16.5 Å². The molecule has 6 nitrogen and oxygen atoms in total. The summed E-state index contributed by atoms with van der Waals surface area (Å²) in [5.41, 5.74) is 0.610. The minimum absolute atomic E-state index is 0.0509. The van der Waals surface area contributed by atoms with E-state index in [1.165, 1.54) is 6.92 Å². The number of rotatable bonds is 4. The quantitative estimate of drug-likeness (QED) is 0.787. The molecule has 0 radical (unpaired) electrons. The molecule has 1 amide bonds. The van der Waals surface area contributed by atoms with Crippen LogP contribution in [0.25, 0.3) is 10.8 Å². The molecular weight excluding hydrogens is 326 g/mol. The van der Waals surface area contributed by atoms with Gasteiger partial charge >= 0.3 is 0 Å². The normalized spacial score (nSPS) is 16.2. The molecule has 3 N–H and O–H groups in total. The summed E-state index contributed by atoms with van der Waals surface area (Å²) in [6, 6.07) is 10.3. The van der Waals surface area contributed by atoms with Gasteiger partial charge < -0.3 is 10.6 Å². The van der Waals surface area contributed by atoms with Crippen LogP contribution in [-0.2, 0) is 14.8 Å².